The molecule has 2 aliphatic carbocycles. The molecule has 0 saturated heterocycles. The van der Waals surface area contributed by atoms with E-state index in [4.69, 9.17) is 4.74 Å². The number of fused-ring (bicyclic) bond motifs is 1. The molecule has 0 spiro atoms. The molecule has 3 atom stereocenters. The van der Waals surface area contributed by atoms with Gasteiger partial charge in [-0.25, -0.2) is 0 Å². The summed E-state index contributed by atoms with van der Waals surface area (Å²) < 4.78 is 4.79. The van der Waals surface area contributed by atoms with Gasteiger partial charge in [0.1, 0.15) is 5.60 Å². The van der Waals surface area contributed by atoms with E-state index < -0.39 is 11.0 Å². The Kier molecular flexibility index (Phi) is 5.24. The fourth-order valence-electron chi connectivity index (χ4n) is 4.60. The molecule has 0 aromatic rings. The number of ketones is 1. The van der Waals surface area contributed by atoms with Gasteiger partial charge < -0.3 is 9.84 Å². The second-order valence-corrected chi connectivity index (χ2v) is 7.46. The van der Waals surface area contributed by atoms with Crippen molar-refractivity contribution in [3.05, 3.63) is 47.6 Å². The fraction of sp³-hybridized carbons (Fsp3) is 0.524. The topological polar surface area (TPSA) is 63.6 Å². The Labute approximate surface area is 149 Å². The monoisotopic (exact) mass is 344 g/mol. The zero-order chi connectivity index (χ0) is 19.0. The van der Waals surface area contributed by atoms with E-state index in [1.54, 1.807) is 19.1 Å². The van der Waals surface area contributed by atoms with Crippen LogP contribution in [0.15, 0.2) is 47.6 Å². The molecule has 1 fully saturated rings. The molecule has 0 heterocycles. The normalized spacial score (nSPS) is 32.0. The van der Waals surface area contributed by atoms with Gasteiger partial charge in [0.05, 0.1) is 7.11 Å². The smallest absolute Gasteiger partial charge is 0.305 e. The van der Waals surface area contributed by atoms with Gasteiger partial charge in [0, 0.05) is 12.0 Å². The molecule has 0 aromatic carbocycles. The number of esters is 1. The highest BCUT2D eigenvalue weighted by Crippen LogP contribution is 2.57. The molecule has 0 bridgehead atoms. The number of methoxy groups -OCH3 is 1. The van der Waals surface area contributed by atoms with Crippen molar-refractivity contribution in [1.29, 1.82) is 0 Å². The lowest BCUT2D eigenvalue weighted by Gasteiger charge is -2.53. The zero-order valence-electron chi connectivity index (χ0n) is 15.6. The molecule has 0 aliphatic heterocycles. The predicted molar refractivity (Wildman–Crippen MR) is 97.8 cm³/mol. The van der Waals surface area contributed by atoms with E-state index >= 15 is 0 Å². The molecule has 4 nitrogen and oxygen atoms in total. The van der Waals surface area contributed by atoms with Crippen LogP contribution in [0.3, 0.4) is 0 Å². The number of aliphatic hydroxyl groups is 1. The van der Waals surface area contributed by atoms with Gasteiger partial charge in [0.2, 0.25) is 0 Å². The lowest BCUT2D eigenvalue weighted by Crippen LogP contribution is -2.51. The van der Waals surface area contributed by atoms with Gasteiger partial charge in [-0.1, -0.05) is 31.7 Å². The maximum atomic E-state index is 12.5. The van der Waals surface area contributed by atoms with Crippen molar-refractivity contribution in [3.8, 4) is 0 Å². The van der Waals surface area contributed by atoms with E-state index in [1.807, 2.05) is 13.8 Å². The van der Waals surface area contributed by atoms with Gasteiger partial charge in [-0.05, 0) is 61.7 Å². The van der Waals surface area contributed by atoms with Gasteiger partial charge in [0.15, 0.2) is 5.78 Å². The van der Waals surface area contributed by atoms with Gasteiger partial charge in [-0.3, -0.25) is 9.59 Å². The van der Waals surface area contributed by atoms with Gasteiger partial charge in [-0.2, -0.15) is 0 Å². The Hall–Kier alpha value is -1.94. The van der Waals surface area contributed by atoms with Crippen molar-refractivity contribution in [3.63, 3.8) is 0 Å². The van der Waals surface area contributed by atoms with Crippen molar-refractivity contribution >= 4 is 11.8 Å². The quantitative estimate of drug-likeness (QED) is 0.610. The second-order valence-electron chi connectivity index (χ2n) is 7.46. The highest BCUT2D eigenvalue weighted by molar-refractivity contribution is 6.07. The van der Waals surface area contributed by atoms with Crippen molar-refractivity contribution in [1.82, 2.24) is 0 Å². The first-order valence-corrected chi connectivity index (χ1v) is 8.67. The number of hydrogen-bond donors (Lipinski definition) is 1. The highest BCUT2D eigenvalue weighted by atomic mass is 16.5. The van der Waals surface area contributed by atoms with Crippen LogP contribution < -0.4 is 0 Å². The molecular weight excluding hydrogens is 316 g/mol. The summed E-state index contributed by atoms with van der Waals surface area (Å²) in [4.78, 5) is 24.2. The largest absolute Gasteiger partial charge is 0.469 e. The summed E-state index contributed by atoms with van der Waals surface area (Å²) in [5.74, 6) is -0.323. The lowest BCUT2D eigenvalue weighted by atomic mass is 9.53. The molecule has 1 N–H and O–H groups in total. The van der Waals surface area contributed by atoms with Crippen molar-refractivity contribution in [2.75, 3.05) is 7.11 Å². The SMILES string of the molecule is C=CC1=C(C)C(=O)C=C2[C@@]1(O)CC[C@H](C(=C)C)[C@@]2(C)CCC(=O)OC. The summed E-state index contributed by atoms with van der Waals surface area (Å²) >= 11 is 0. The maximum absolute atomic E-state index is 12.5. The number of carbonyl (C=O) groups is 2. The van der Waals surface area contributed by atoms with Crippen LogP contribution in [0, 0.1) is 11.3 Å². The van der Waals surface area contributed by atoms with Crippen molar-refractivity contribution in [2.24, 2.45) is 11.3 Å². The Morgan fingerprint density at radius 3 is 2.68 bits per heavy atom. The maximum Gasteiger partial charge on any atom is 0.305 e. The standard InChI is InChI=1S/C21H28O4/c1-7-15-14(4)17(22)12-18-20(5,10-9-19(23)25-6)16(13(2)3)8-11-21(15,18)24/h7,12,16,24H,1-2,8-11H2,3-6H3/t16-,20-,21-/m1/s1. The Morgan fingerprint density at radius 2 is 2.16 bits per heavy atom. The highest BCUT2D eigenvalue weighted by Gasteiger charge is 2.54. The van der Waals surface area contributed by atoms with Crippen LogP contribution >= 0.6 is 0 Å². The number of ether oxygens (including phenoxy) is 1. The summed E-state index contributed by atoms with van der Waals surface area (Å²) in [5, 5.41) is 11.5. The number of rotatable bonds is 5. The van der Waals surface area contributed by atoms with E-state index in [0.29, 0.717) is 29.6 Å². The van der Waals surface area contributed by atoms with Crippen molar-refractivity contribution in [2.45, 2.75) is 52.1 Å². The Morgan fingerprint density at radius 1 is 1.52 bits per heavy atom. The first-order chi connectivity index (χ1) is 11.6. The molecule has 136 valence electrons. The van der Waals surface area contributed by atoms with E-state index in [-0.39, 0.29) is 24.1 Å². The molecule has 4 heteroatoms. The summed E-state index contributed by atoms with van der Waals surface area (Å²) in [5.41, 5.74) is 1.03. The van der Waals surface area contributed by atoms with Crippen LogP contribution in [-0.4, -0.2) is 29.6 Å². The molecule has 0 radical (unpaired) electrons. The minimum absolute atomic E-state index is 0.0842. The van der Waals surface area contributed by atoms with E-state index in [1.165, 1.54) is 7.11 Å². The first-order valence-electron chi connectivity index (χ1n) is 8.67. The molecule has 1 saturated carbocycles. The zero-order valence-corrected chi connectivity index (χ0v) is 15.6. The lowest BCUT2D eigenvalue weighted by molar-refractivity contribution is -0.141. The predicted octanol–water partition coefficient (Wildman–Crippen LogP) is 3.67. The average Bonchev–Trinajstić information content (AvgIpc) is 2.55. The summed E-state index contributed by atoms with van der Waals surface area (Å²) in [7, 11) is 1.36. The van der Waals surface area contributed by atoms with Crippen molar-refractivity contribution < 1.29 is 19.4 Å². The third-order valence-electron chi connectivity index (χ3n) is 5.99. The summed E-state index contributed by atoms with van der Waals surface area (Å²) in [6.45, 7) is 13.6. The van der Waals surface area contributed by atoms with Crippen LogP contribution in [0.25, 0.3) is 0 Å². The minimum Gasteiger partial charge on any atom is -0.469 e. The van der Waals surface area contributed by atoms with Crippen LogP contribution in [-0.2, 0) is 14.3 Å². The second kappa shape index (κ2) is 6.75. The molecular formula is C21H28O4. The third kappa shape index (κ3) is 3.04. The van der Waals surface area contributed by atoms with Gasteiger partial charge in [0.25, 0.3) is 0 Å². The number of carbonyl (C=O) groups excluding carboxylic acids is 2. The number of allylic oxidation sites excluding steroid dienone is 3. The molecule has 2 aliphatic rings. The molecule has 25 heavy (non-hydrogen) atoms. The summed E-state index contributed by atoms with van der Waals surface area (Å²) in [6, 6.07) is 0. The Bertz CT molecular complexity index is 697. The van der Waals surface area contributed by atoms with E-state index in [9.17, 15) is 14.7 Å². The van der Waals surface area contributed by atoms with Gasteiger partial charge >= 0.3 is 5.97 Å². The van der Waals surface area contributed by atoms with E-state index in [0.717, 1.165) is 12.0 Å². The average molecular weight is 344 g/mol. The van der Waals surface area contributed by atoms with E-state index in [2.05, 4.69) is 13.2 Å². The summed E-state index contributed by atoms with van der Waals surface area (Å²) in [6.07, 6.45) is 5.11. The fourth-order valence-corrected chi connectivity index (χ4v) is 4.60. The van der Waals surface area contributed by atoms with Crippen LogP contribution in [0.2, 0.25) is 0 Å². The molecule has 2 rings (SSSR count). The third-order valence-corrected chi connectivity index (χ3v) is 5.99. The van der Waals surface area contributed by atoms with Crippen LogP contribution in [0.5, 0.6) is 0 Å². The van der Waals surface area contributed by atoms with Gasteiger partial charge in [-0.15, -0.1) is 0 Å². The van der Waals surface area contributed by atoms with Crippen LogP contribution in [0.4, 0.5) is 0 Å². The minimum atomic E-state index is -1.21. The molecule has 0 aromatic heterocycles. The number of hydrogen-bond acceptors (Lipinski definition) is 4. The Balaban J connectivity index is 2.57. The molecule has 0 unspecified atom stereocenters. The van der Waals surface area contributed by atoms with Crippen LogP contribution in [0.1, 0.15) is 46.5 Å². The molecule has 0 amide bonds. The first kappa shape index (κ1) is 19.4.